The molecule has 38 heteroatoms. The molecule has 0 fully saturated rings. The van der Waals surface area contributed by atoms with Crippen LogP contribution in [0, 0.1) is 0 Å². The van der Waals surface area contributed by atoms with Crippen LogP contribution in [0.4, 0.5) is 47.1 Å². The number of nitrogens with zero attached hydrogens (tertiary/aromatic N) is 8. The minimum absolute atomic E-state index is 0.144. The van der Waals surface area contributed by atoms with E-state index in [9.17, 15) is 92.7 Å². The maximum Gasteiger partial charge on any atom is 0.295 e. The summed E-state index contributed by atoms with van der Waals surface area (Å²) in [5, 5.41) is 110. The molecular formula is C38H56N12O22S4. The van der Waals surface area contributed by atoms with Gasteiger partial charge in [0, 0.05) is 51.6 Å². The number of aliphatic hydroxyl groups excluding tert-OH is 10. The van der Waals surface area contributed by atoms with Gasteiger partial charge in [-0.1, -0.05) is 24.3 Å². The van der Waals surface area contributed by atoms with Gasteiger partial charge in [-0.15, -0.1) is 0 Å². The summed E-state index contributed by atoms with van der Waals surface area (Å²) in [5.41, 5.74) is -0.828. The van der Waals surface area contributed by atoms with Crippen LogP contribution in [0.2, 0.25) is 0 Å². The Kier molecular flexibility index (Phi) is 21.9. The zero-order valence-corrected chi connectivity index (χ0v) is 42.9. The molecule has 76 heavy (non-hydrogen) atoms. The van der Waals surface area contributed by atoms with E-state index in [1.54, 1.807) is 0 Å². The van der Waals surface area contributed by atoms with E-state index in [0.29, 0.717) is 0 Å². The fourth-order valence-corrected chi connectivity index (χ4v) is 8.52. The first-order valence-corrected chi connectivity index (χ1v) is 27.7. The van der Waals surface area contributed by atoms with Gasteiger partial charge >= 0.3 is 0 Å². The lowest BCUT2D eigenvalue weighted by Gasteiger charge is -2.28. The average Bonchev–Trinajstić information content (AvgIpc) is 3.33. The lowest BCUT2D eigenvalue weighted by atomic mass is 10.0. The summed E-state index contributed by atoms with van der Waals surface area (Å²) in [6.45, 7) is -3.92. The minimum atomic E-state index is -5.13. The Morgan fingerprint density at radius 1 is 0.487 bits per heavy atom. The third-order valence-electron chi connectivity index (χ3n) is 10.3. The molecule has 2 aromatic carbocycles. The average molecular weight is 1160 g/mol. The number of hydrogen-bond acceptors (Lipinski definition) is 30. The number of aliphatic hydroxyl groups is 10. The first-order valence-electron chi connectivity index (χ1n) is 21.6. The second-order valence-electron chi connectivity index (χ2n) is 16.4. The van der Waals surface area contributed by atoms with Crippen LogP contribution in [0.1, 0.15) is 11.1 Å². The Bertz CT molecular complexity index is 2910. The van der Waals surface area contributed by atoms with Crippen molar-refractivity contribution < 1.29 is 103 Å². The molecule has 2 aromatic heterocycles. The first-order chi connectivity index (χ1) is 35.2. The van der Waals surface area contributed by atoms with Crippen molar-refractivity contribution in [2.24, 2.45) is 0 Å². The molecule has 0 aliphatic rings. The highest BCUT2D eigenvalue weighted by Crippen LogP contribution is 2.29. The molecule has 8 unspecified atom stereocenters. The summed E-state index contributed by atoms with van der Waals surface area (Å²) in [6.07, 6.45) is -13.1. The molecule has 4 rings (SSSR count). The Morgan fingerprint density at radius 3 is 1.11 bits per heavy atom. The van der Waals surface area contributed by atoms with Crippen LogP contribution in [0.5, 0.6) is 0 Å². The molecule has 0 amide bonds. The van der Waals surface area contributed by atoms with Gasteiger partial charge in [-0.05, 0) is 35.4 Å². The smallest absolute Gasteiger partial charge is 0.295 e. The number of hydrogen-bond donors (Lipinski definition) is 18. The van der Waals surface area contributed by atoms with Gasteiger partial charge in [-0.3, -0.25) is 18.2 Å². The van der Waals surface area contributed by atoms with Crippen molar-refractivity contribution in [2.75, 3.05) is 96.1 Å². The highest BCUT2D eigenvalue weighted by atomic mass is 32.2. The third kappa shape index (κ3) is 19.1. The van der Waals surface area contributed by atoms with Gasteiger partial charge in [0.25, 0.3) is 40.5 Å². The number of rotatable bonds is 30. The second kappa shape index (κ2) is 26.5. The topological polar surface area (TPSA) is 552 Å². The van der Waals surface area contributed by atoms with Crippen LogP contribution in [0.15, 0.2) is 46.2 Å². The fourth-order valence-electron chi connectivity index (χ4n) is 6.38. The second-order valence-corrected chi connectivity index (χ2v) is 22.3. The molecule has 34 nitrogen and oxygen atoms in total. The van der Waals surface area contributed by atoms with Crippen molar-refractivity contribution in [3.05, 3.63) is 47.5 Å². The minimum Gasteiger partial charge on any atom is -0.394 e. The van der Waals surface area contributed by atoms with Gasteiger partial charge in [-0.25, -0.2) is 0 Å². The quantitative estimate of drug-likeness (QED) is 0.0171. The molecule has 0 saturated carbocycles. The van der Waals surface area contributed by atoms with E-state index in [4.69, 9.17) is 10.2 Å². The van der Waals surface area contributed by atoms with Gasteiger partial charge in [0.1, 0.15) is 58.6 Å². The van der Waals surface area contributed by atoms with Crippen molar-refractivity contribution in [3.8, 4) is 0 Å². The van der Waals surface area contributed by atoms with E-state index >= 15 is 0 Å². The third-order valence-corrected chi connectivity index (χ3v) is 13.6. The number of anilines is 8. The van der Waals surface area contributed by atoms with Gasteiger partial charge < -0.3 is 82.1 Å². The van der Waals surface area contributed by atoms with Crippen molar-refractivity contribution in [3.63, 3.8) is 0 Å². The summed E-state index contributed by atoms with van der Waals surface area (Å²) < 4.78 is 135. The molecule has 8 atom stereocenters. The summed E-state index contributed by atoms with van der Waals surface area (Å²) in [4.78, 5) is 25.3. The molecule has 4 aromatic rings. The number of likely N-dealkylation sites (N-methyl/N-ethyl adjacent to an activating group) is 2. The van der Waals surface area contributed by atoms with Gasteiger partial charge in [0.05, 0.1) is 24.7 Å². The Morgan fingerprint density at radius 2 is 0.803 bits per heavy atom. The monoisotopic (exact) mass is 1160 g/mol. The summed E-state index contributed by atoms with van der Waals surface area (Å²) in [7, 11) is -16.6. The molecule has 18 N–H and O–H groups in total. The van der Waals surface area contributed by atoms with Crippen LogP contribution < -0.4 is 31.1 Å². The predicted octanol–water partition coefficient (Wildman–Crippen LogP) is -5.45. The molecule has 0 radical (unpaired) electrons. The fraction of sp³-hybridized carbons (Fsp3) is 0.474. The molecular weight excluding hydrogens is 1100 g/mol. The van der Waals surface area contributed by atoms with Crippen LogP contribution in [0.25, 0.3) is 12.2 Å². The van der Waals surface area contributed by atoms with E-state index in [-0.39, 0.29) is 46.3 Å². The van der Waals surface area contributed by atoms with Crippen molar-refractivity contribution in [2.45, 2.75) is 58.6 Å². The number of benzene rings is 2. The van der Waals surface area contributed by atoms with Crippen LogP contribution >= 0.6 is 0 Å². The number of nitrogens with one attached hydrogen (secondary N) is 4. The van der Waals surface area contributed by atoms with Crippen molar-refractivity contribution in [1.29, 1.82) is 0 Å². The largest absolute Gasteiger partial charge is 0.394 e. The summed E-state index contributed by atoms with van der Waals surface area (Å²) >= 11 is 0. The Labute approximate surface area is 433 Å². The molecule has 0 bridgehead atoms. The van der Waals surface area contributed by atoms with Gasteiger partial charge in [0.2, 0.25) is 35.7 Å². The van der Waals surface area contributed by atoms with E-state index < -0.39 is 162 Å². The van der Waals surface area contributed by atoms with Crippen molar-refractivity contribution in [1.82, 2.24) is 29.9 Å². The summed E-state index contributed by atoms with van der Waals surface area (Å²) in [5.74, 6) is -3.77. The van der Waals surface area contributed by atoms with E-state index in [1.807, 2.05) is 0 Å². The van der Waals surface area contributed by atoms with Gasteiger partial charge in [0.15, 0.2) is 0 Å². The highest BCUT2D eigenvalue weighted by Gasteiger charge is 2.33. The zero-order valence-electron chi connectivity index (χ0n) is 39.6. The number of aromatic nitrogens is 6. The SMILES string of the molecule is CN(CC(O)C(O)C(O)C(O)CO)c1nc(NCCS(=O)(=O)O)nc(Nc2ccc(/C=C/c3ccc(Nc4nc(NCCS(=O)(=O)O)nc(N(C)CC(O)C(O)C(O)C(O)CO)n4)cc3S(=O)(=O)O)c(S(=O)(=O)O)c2)n1. The van der Waals surface area contributed by atoms with Crippen LogP contribution in [0.3, 0.4) is 0 Å². The maximum absolute atomic E-state index is 12.7. The zero-order chi connectivity index (χ0) is 57.1. The van der Waals surface area contributed by atoms with Gasteiger partial charge in [-0.2, -0.15) is 63.6 Å². The normalized spacial score (nSPS) is 15.7. The molecule has 0 spiro atoms. The molecule has 424 valence electrons. The summed E-state index contributed by atoms with van der Waals surface area (Å²) in [6, 6.07) is 6.50. The molecule has 2 heterocycles. The Balaban J connectivity index is 1.68. The lowest BCUT2D eigenvalue weighted by Crippen LogP contribution is -2.49. The molecule has 0 saturated heterocycles. The Hall–Kier alpha value is -5.76. The van der Waals surface area contributed by atoms with E-state index in [0.717, 1.165) is 46.2 Å². The van der Waals surface area contributed by atoms with Crippen LogP contribution in [-0.4, -0.2) is 247 Å². The lowest BCUT2D eigenvalue weighted by molar-refractivity contribution is -0.112. The van der Waals surface area contributed by atoms with E-state index in [2.05, 4.69) is 51.2 Å². The van der Waals surface area contributed by atoms with Crippen LogP contribution in [-0.2, 0) is 40.5 Å². The molecule has 0 aliphatic heterocycles. The van der Waals surface area contributed by atoms with Crippen molar-refractivity contribution >= 4 is 99.7 Å². The predicted molar refractivity (Wildman–Crippen MR) is 266 cm³/mol. The highest BCUT2D eigenvalue weighted by molar-refractivity contribution is 7.86. The van der Waals surface area contributed by atoms with E-state index in [1.165, 1.54) is 26.2 Å². The standard InChI is InChI=1S/C38H56N12O22S4/c1-49(15-23(53)29(57)31(59)25(55)17-51)37-45-33(39-9-11-73(61,62)63)43-35(47-37)41-21-7-5-19(27(13-21)75(67,68)69)3-4-20-6-8-22(14-28(20)76(70,71)72)42-36-44-34(40-10-12-74(64,65)66)46-38(48-36)50(2)16-24(54)30(58)32(60)26(56)18-52/h3-8,13-14,23-26,29-32,51-60H,9-12,15-18H2,1-2H3,(H,61,62,63)(H,64,65,66)(H,67,68,69)(H,70,71,72)(H2,39,41,43,45,47)(H2,40,42,44,46,48)/b4-3+. The molecule has 0 aliphatic carbocycles. The maximum atomic E-state index is 12.7. The first kappa shape index (κ1) is 62.8.